The van der Waals surface area contributed by atoms with Crippen molar-refractivity contribution < 1.29 is 26.7 Å². The predicted molar refractivity (Wildman–Crippen MR) is 128 cm³/mol. The Kier molecular flexibility index (Phi) is 7.54. The van der Waals surface area contributed by atoms with Crippen molar-refractivity contribution in [3.63, 3.8) is 0 Å². The van der Waals surface area contributed by atoms with Crippen LogP contribution in [0, 0.1) is 11.6 Å². The van der Waals surface area contributed by atoms with E-state index < -0.39 is 34.9 Å². The van der Waals surface area contributed by atoms with Crippen LogP contribution in [0.2, 0.25) is 5.02 Å². The topological polar surface area (TPSA) is 41.1 Å². The van der Waals surface area contributed by atoms with Crippen molar-refractivity contribution in [3.8, 4) is 0 Å². The van der Waals surface area contributed by atoms with E-state index >= 15 is 0 Å². The Balaban J connectivity index is 1.92. The predicted octanol–water partition coefficient (Wildman–Crippen LogP) is 7.37. The molecule has 0 aromatic heterocycles. The molecule has 2 N–H and O–H groups in total. The molecule has 1 fully saturated rings. The molecule has 0 bridgehead atoms. The summed E-state index contributed by atoms with van der Waals surface area (Å²) in [5.41, 5.74) is -2.21. The van der Waals surface area contributed by atoms with Crippen LogP contribution in [-0.4, -0.2) is 12.1 Å². The van der Waals surface area contributed by atoms with Gasteiger partial charge in [0, 0.05) is 12.5 Å². The van der Waals surface area contributed by atoms with Gasteiger partial charge in [-0.1, -0.05) is 60.8 Å². The van der Waals surface area contributed by atoms with E-state index in [1.807, 2.05) is 0 Å². The molecule has 1 saturated carbocycles. The van der Waals surface area contributed by atoms with Crippen LogP contribution in [0.3, 0.4) is 0 Å². The lowest BCUT2D eigenvalue weighted by molar-refractivity contribution is -0.137. The van der Waals surface area contributed by atoms with Crippen molar-refractivity contribution >= 4 is 17.6 Å². The van der Waals surface area contributed by atoms with E-state index in [4.69, 9.17) is 11.6 Å². The van der Waals surface area contributed by atoms with E-state index in [1.54, 1.807) is 30.3 Å². The molecule has 9 heteroatoms. The van der Waals surface area contributed by atoms with E-state index in [1.165, 1.54) is 12.1 Å². The summed E-state index contributed by atoms with van der Waals surface area (Å²) in [6.45, 7) is 0. The maximum atomic E-state index is 14.6. The number of hydrogen-bond donors (Lipinski definition) is 2. The first-order valence-electron chi connectivity index (χ1n) is 11.5. The molecule has 0 spiro atoms. The summed E-state index contributed by atoms with van der Waals surface area (Å²) in [4.78, 5) is 13.2. The standard InChI is InChI=1S/C27H24ClF5N2O/c28-23-15-18(10-11-24(23)30)26(16-17-6-2-1-3-7-17,35-25(36)34-22-8-4-5-9-22)19-12-20(27(31,32)33)14-21(29)13-19/h1-3,6-7,10-15,22H,4-5,8-9,16H2,(H2,34,35,36). The lowest BCUT2D eigenvalue weighted by atomic mass is 9.77. The minimum Gasteiger partial charge on any atom is -0.335 e. The van der Waals surface area contributed by atoms with E-state index in [0.717, 1.165) is 43.9 Å². The Morgan fingerprint density at radius 1 is 0.889 bits per heavy atom. The lowest BCUT2D eigenvalue weighted by Gasteiger charge is -2.37. The number of carbonyl (C=O) groups is 1. The van der Waals surface area contributed by atoms with Crippen molar-refractivity contribution in [1.29, 1.82) is 0 Å². The minimum absolute atomic E-state index is 0.0470. The monoisotopic (exact) mass is 522 g/mol. The average molecular weight is 523 g/mol. The van der Waals surface area contributed by atoms with Crippen LogP contribution < -0.4 is 10.6 Å². The van der Waals surface area contributed by atoms with Gasteiger partial charge in [-0.2, -0.15) is 13.2 Å². The summed E-state index contributed by atoms with van der Waals surface area (Å²) in [6, 6.07) is 13.8. The molecule has 0 aliphatic heterocycles. The Morgan fingerprint density at radius 2 is 1.56 bits per heavy atom. The Bertz CT molecular complexity index is 1230. The van der Waals surface area contributed by atoms with Gasteiger partial charge in [0.1, 0.15) is 11.6 Å². The molecule has 3 nitrogen and oxygen atoms in total. The van der Waals surface area contributed by atoms with Gasteiger partial charge in [-0.3, -0.25) is 0 Å². The molecule has 2 amide bonds. The summed E-state index contributed by atoms with van der Waals surface area (Å²) >= 11 is 6.06. The second-order valence-corrected chi connectivity index (χ2v) is 9.41. The number of urea groups is 1. The van der Waals surface area contributed by atoms with Gasteiger partial charge in [-0.25, -0.2) is 13.6 Å². The lowest BCUT2D eigenvalue weighted by Crippen LogP contribution is -2.53. The highest BCUT2D eigenvalue weighted by Crippen LogP contribution is 2.39. The summed E-state index contributed by atoms with van der Waals surface area (Å²) in [5, 5.41) is 5.42. The third-order valence-electron chi connectivity index (χ3n) is 6.46. The Labute approximate surface area is 210 Å². The number of rotatable bonds is 6. The molecular formula is C27H24ClF5N2O. The smallest absolute Gasteiger partial charge is 0.335 e. The summed E-state index contributed by atoms with van der Waals surface area (Å²) in [7, 11) is 0. The van der Waals surface area contributed by atoms with E-state index in [2.05, 4.69) is 10.6 Å². The van der Waals surface area contributed by atoms with Crippen molar-refractivity contribution in [3.05, 3.63) is 106 Å². The zero-order chi connectivity index (χ0) is 25.9. The molecule has 4 rings (SSSR count). The summed E-state index contributed by atoms with van der Waals surface area (Å²) < 4.78 is 69.8. The molecule has 36 heavy (non-hydrogen) atoms. The number of nitrogens with one attached hydrogen (secondary N) is 2. The molecule has 190 valence electrons. The van der Waals surface area contributed by atoms with Crippen molar-refractivity contribution in [2.24, 2.45) is 0 Å². The van der Waals surface area contributed by atoms with Crippen molar-refractivity contribution in [2.75, 3.05) is 0 Å². The third kappa shape index (κ3) is 5.81. The second kappa shape index (κ2) is 10.5. The van der Waals surface area contributed by atoms with E-state index in [0.29, 0.717) is 11.6 Å². The van der Waals surface area contributed by atoms with Gasteiger partial charge in [-0.05, 0) is 59.9 Å². The van der Waals surface area contributed by atoms with Gasteiger partial charge in [0.25, 0.3) is 0 Å². The molecular weight excluding hydrogens is 499 g/mol. The molecule has 3 aromatic carbocycles. The summed E-state index contributed by atoms with van der Waals surface area (Å²) in [5.74, 6) is -1.86. The highest BCUT2D eigenvalue weighted by molar-refractivity contribution is 6.30. The number of amides is 2. The number of hydrogen-bond acceptors (Lipinski definition) is 1. The van der Waals surface area contributed by atoms with Crippen molar-refractivity contribution in [2.45, 2.75) is 49.9 Å². The highest BCUT2D eigenvalue weighted by Gasteiger charge is 2.40. The average Bonchev–Trinajstić information content (AvgIpc) is 3.33. The number of benzene rings is 3. The molecule has 1 unspecified atom stereocenters. The maximum Gasteiger partial charge on any atom is 0.416 e. The van der Waals surface area contributed by atoms with Gasteiger partial charge < -0.3 is 10.6 Å². The minimum atomic E-state index is -4.83. The molecule has 0 radical (unpaired) electrons. The van der Waals surface area contributed by atoms with Crippen LogP contribution in [0.4, 0.5) is 26.7 Å². The first-order chi connectivity index (χ1) is 17.1. The van der Waals surface area contributed by atoms with Crippen LogP contribution in [0.5, 0.6) is 0 Å². The molecule has 3 aromatic rings. The first kappa shape index (κ1) is 25.9. The van der Waals surface area contributed by atoms with Crippen molar-refractivity contribution in [1.82, 2.24) is 10.6 Å². The SMILES string of the molecule is O=C(NC1CCCC1)NC(Cc1ccccc1)(c1cc(F)cc(C(F)(F)F)c1)c1ccc(F)c(Cl)c1. The molecule has 1 aliphatic rings. The van der Waals surface area contributed by atoms with Crippen LogP contribution in [0.25, 0.3) is 0 Å². The van der Waals surface area contributed by atoms with Gasteiger partial charge in [0.2, 0.25) is 0 Å². The fraction of sp³-hybridized carbons (Fsp3) is 0.296. The van der Waals surface area contributed by atoms with Gasteiger partial charge in [0.05, 0.1) is 16.1 Å². The third-order valence-corrected chi connectivity index (χ3v) is 6.75. The van der Waals surface area contributed by atoms with Crippen LogP contribution in [0.1, 0.15) is 47.9 Å². The maximum absolute atomic E-state index is 14.6. The van der Waals surface area contributed by atoms with Crippen LogP contribution in [0.15, 0.2) is 66.7 Å². The Hall–Kier alpha value is -3.13. The zero-order valence-electron chi connectivity index (χ0n) is 19.1. The van der Waals surface area contributed by atoms with E-state index in [-0.39, 0.29) is 28.6 Å². The van der Waals surface area contributed by atoms with Crippen LogP contribution in [-0.2, 0) is 18.1 Å². The normalized spacial score (nSPS) is 15.9. The summed E-state index contributed by atoms with van der Waals surface area (Å²) in [6.07, 6.45) is -1.42. The highest BCUT2D eigenvalue weighted by atomic mass is 35.5. The van der Waals surface area contributed by atoms with E-state index in [9.17, 15) is 26.7 Å². The number of carbonyl (C=O) groups excluding carboxylic acids is 1. The van der Waals surface area contributed by atoms with Gasteiger partial charge in [0.15, 0.2) is 0 Å². The number of halogens is 6. The Morgan fingerprint density at radius 3 is 2.19 bits per heavy atom. The molecule has 0 heterocycles. The fourth-order valence-corrected chi connectivity index (χ4v) is 4.89. The molecule has 1 atom stereocenters. The zero-order valence-corrected chi connectivity index (χ0v) is 19.9. The quantitative estimate of drug-likeness (QED) is 0.326. The molecule has 0 saturated heterocycles. The first-order valence-corrected chi connectivity index (χ1v) is 11.9. The number of alkyl halides is 3. The van der Waals surface area contributed by atoms with Gasteiger partial charge >= 0.3 is 12.2 Å². The fourth-order valence-electron chi connectivity index (χ4n) is 4.71. The largest absolute Gasteiger partial charge is 0.416 e. The van der Waals surface area contributed by atoms with Gasteiger partial charge in [-0.15, -0.1) is 0 Å². The second-order valence-electron chi connectivity index (χ2n) is 9.00. The molecule has 1 aliphatic carbocycles. The van der Waals surface area contributed by atoms with Crippen LogP contribution >= 0.6 is 11.6 Å².